The SMILES string of the molecule is [2H]c1c([2H])c([2H])c(-c2cccc(-c3c([2H])c([2H])c([2H])c([2H])c3[2H])c2N2CN(c3cccc(C(F)(F)c4ccc5c6ccccc6n(-c6cc(C(C)(C)c7ccccc7)ccn6)c5c4)c3)c3ccccc32)c([2H])c1[2H]. The zero-order valence-corrected chi connectivity index (χ0v) is 34.8. The van der Waals surface area contributed by atoms with Gasteiger partial charge >= 0.3 is 0 Å². The molecule has 0 bridgehead atoms. The van der Waals surface area contributed by atoms with E-state index in [-0.39, 0.29) is 45.7 Å². The number of hydrogen-bond acceptors (Lipinski definition) is 3. The Morgan fingerprint density at radius 2 is 1.11 bits per heavy atom. The number of fused-ring (bicyclic) bond motifs is 4. The van der Waals surface area contributed by atoms with Crippen LogP contribution in [-0.4, -0.2) is 16.2 Å². The Hall–Kier alpha value is -7.83. The van der Waals surface area contributed by atoms with Crippen molar-refractivity contribution in [3.05, 3.63) is 241 Å². The van der Waals surface area contributed by atoms with E-state index in [2.05, 4.69) is 26.0 Å². The third-order valence-electron chi connectivity index (χ3n) is 12.3. The van der Waals surface area contributed by atoms with Crippen molar-refractivity contribution in [3.63, 3.8) is 0 Å². The zero-order chi connectivity index (χ0) is 52.1. The summed E-state index contributed by atoms with van der Waals surface area (Å²) in [5, 5.41) is 1.66. The predicted molar refractivity (Wildman–Crippen MR) is 259 cm³/mol. The molecule has 0 radical (unpaired) electrons. The van der Waals surface area contributed by atoms with Gasteiger partial charge in [-0.1, -0.05) is 177 Å². The molecule has 4 nitrogen and oxygen atoms in total. The highest BCUT2D eigenvalue weighted by molar-refractivity contribution is 6.09. The summed E-state index contributed by atoms with van der Waals surface area (Å²) in [6.45, 7) is 4.20. The van der Waals surface area contributed by atoms with Crippen LogP contribution in [0.2, 0.25) is 0 Å². The van der Waals surface area contributed by atoms with Crippen LogP contribution in [-0.2, 0) is 11.3 Å². The van der Waals surface area contributed by atoms with Crippen LogP contribution < -0.4 is 9.80 Å². The van der Waals surface area contributed by atoms with Crippen molar-refractivity contribution in [2.45, 2.75) is 25.2 Å². The molecule has 0 spiro atoms. The van der Waals surface area contributed by atoms with E-state index in [0.29, 0.717) is 28.4 Å². The van der Waals surface area contributed by atoms with Crippen molar-refractivity contribution in [3.8, 4) is 28.1 Å². The largest absolute Gasteiger partial charge is 0.321 e. The summed E-state index contributed by atoms with van der Waals surface area (Å²) in [5.74, 6) is -2.95. The second kappa shape index (κ2) is 15.5. The van der Waals surface area contributed by atoms with E-state index in [9.17, 15) is 0 Å². The van der Waals surface area contributed by atoms with Crippen LogP contribution in [0.25, 0.3) is 49.9 Å². The van der Waals surface area contributed by atoms with Gasteiger partial charge in [-0.25, -0.2) is 4.98 Å². The summed E-state index contributed by atoms with van der Waals surface area (Å²) in [4.78, 5) is 8.36. The van der Waals surface area contributed by atoms with Crippen LogP contribution in [0.4, 0.5) is 31.5 Å². The Morgan fingerprint density at radius 3 is 1.83 bits per heavy atom. The monoisotopic (exact) mass is 844 g/mol. The first kappa shape index (κ1) is 29.5. The number of anilines is 4. The van der Waals surface area contributed by atoms with E-state index >= 15 is 8.78 Å². The number of para-hydroxylation sites is 4. The molecule has 0 saturated carbocycles. The van der Waals surface area contributed by atoms with Gasteiger partial charge in [0.05, 0.1) is 41.8 Å². The quantitative estimate of drug-likeness (QED) is 0.145. The molecule has 11 rings (SSSR count). The molecule has 310 valence electrons. The van der Waals surface area contributed by atoms with Crippen molar-refractivity contribution in [1.82, 2.24) is 9.55 Å². The molecule has 10 aromatic rings. The second-order valence-corrected chi connectivity index (χ2v) is 16.3. The number of benzene rings is 8. The number of alkyl halides is 2. The zero-order valence-electron chi connectivity index (χ0n) is 44.8. The van der Waals surface area contributed by atoms with Gasteiger partial charge in [0.25, 0.3) is 5.92 Å². The lowest BCUT2D eigenvalue weighted by atomic mass is 9.78. The van der Waals surface area contributed by atoms with Crippen molar-refractivity contribution in [2.75, 3.05) is 16.5 Å². The van der Waals surface area contributed by atoms with Crippen molar-refractivity contribution in [2.24, 2.45) is 0 Å². The molecule has 1 aliphatic rings. The standard InChI is InChI=1S/C58H44F2N4/c1-57(2,42-22-10-5-11-23-42)43-34-35-61-55(38-43)64-51-29-13-12-26-49(51)50-33-32-45(37-54(50)64)58(59,60)44-24-16-25-46(36-44)62-39-63(53-31-15-14-30-52(53)62)56-47(40-18-6-3-7-19-40)27-17-28-48(56)41-20-8-4-9-21-41/h3-38H,39H2,1-2H3/i3D,4D,6D,7D,8D,9D,18D,19D,20D,21D. The number of aromatic nitrogens is 2. The van der Waals surface area contributed by atoms with Gasteiger partial charge in [0.15, 0.2) is 0 Å². The maximum Gasteiger partial charge on any atom is 0.298 e. The minimum atomic E-state index is -3.53. The van der Waals surface area contributed by atoms with Gasteiger partial charge in [-0.05, 0) is 70.8 Å². The first-order chi connectivity index (χ1) is 35.4. The van der Waals surface area contributed by atoms with Gasteiger partial charge in [-0.3, -0.25) is 4.57 Å². The molecule has 0 aliphatic carbocycles. The van der Waals surface area contributed by atoms with E-state index in [0.717, 1.165) is 27.4 Å². The number of hydrogen-bond donors (Lipinski definition) is 0. The first-order valence-corrected chi connectivity index (χ1v) is 20.9. The molecule has 6 heteroatoms. The smallest absolute Gasteiger partial charge is 0.298 e. The molecular weight excluding hydrogens is 791 g/mol. The van der Waals surface area contributed by atoms with Crippen molar-refractivity contribution in [1.29, 1.82) is 0 Å². The van der Waals surface area contributed by atoms with Gasteiger partial charge < -0.3 is 9.80 Å². The van der Waals surface area contributed by atoms with Gasteiger partial charge in [0.1, 0.15) is 12.5 Å². The van der Waals surface area contributed by atoms with E-state index in [1.165, 1.54) is 30.3 Å². The highest BCUT2D eigenvalue weighted by Crippen LogP contribution is 2.51. The molecule has 3 heterocycles. The lowest BCUT2D eigenvalue weighted by Gasteiger charge is -2.27. The Bertz CT molecular complexity index is 3790. The lowest BCUT2D eigenvalue weighted by Crippen LogP contribution is -2.25. The summed E-state index contributed by atoms with van der Waals surface area (Å²) >= 11 is 0. The number of rotatable bonds is 9. The van der Waals surface area contributed by atoms with Crippen LogP contribution in [0.5, 0.6) is 0 Å². The molecule has 0 saturated heterocycles. The highest BCUT2D eigenvalue weighted by atomic mass is 19.3. The molecule has 2 aromatic heterocycles. The fourth-order valence-corrected chi connectivity index (χ4v) is 9.03. The molecule has 64 heavy (non-hydrogen) atoms. The molecule has 0 N–H and O–H groups in total. The average Bonchev–Trinajstić information content (AvgIpc) is 3.97. The minimum Gasteiger partial charge on any atom is -0.321 e. The number of pyridine rings is 1. The third-order valence-corrected chi connectivity index (χ3v) is 12.3. The molecule has 0 fully saturated rings. The van der Waals surface area contributed by atoms with E-state index in [1.54, 1.807) is 70.6 Å². The van der Waals surface area contributed by atoms with Crippen molar-refractivity contribution < 1.29 is 22.5 Å². The Kier molecular flexibility index (Phi) is 7.14. The summed E-state index contributed by atoms with van der Waals surface area (Å²) < 4.78 is 124. The first-order valence-electron chi connectivity index (χ1n) is 25.9. The fourth-order valence-electron chi connectivity index (χ4n) is 9.03. The molecule has 1 aliphatic heterocycles. The van der Waals surface area contributed by atoms with Gasteiger partial charge in [0.2, 0.25) is 0 Å². The van der Waals surface area contributed by atoms with E-state index in [1.807, 2.05) is 59.2 Å². The minimum absolute atomic E-state index is 0.0884. The molecule has 8 aromatic carbocycles. The van der Waals surface area contributed by atoms with Crippen LogP contribution in [0, 0.1) is 0 Å². The Labute approximate surface area is 386 Å². The Morgan fingerprint density at radius 1 is 0.516 bits per heavy atom. The van der Waals surface area contributed by atoms with Crippen LogP contribution in [0.1, 0.15) is 49.8 Å². The maximum atomic E-state index is 17.5. The summed E-state index contributed by atoms with van der Waals surface area (Å²) in [7, 11) is 0. The molecular formula is C58H44F2N4. The van der Waals surface area contributed by atoms with E-state index < -0.39 is 71.8 Å². The second-order valence-electron chi connectivity index (χ2n) is 16.3. The summed E-state index contributed by atoms with van der Waals surface area (Å²) in [5.41, 5.74) is 4.08. The number of halogens is 2. The molecule has 0 unspecified atom stereocenters. The molecule has 0 amide bonds. The summed E-state index contributed by atoms with van der Waals surface area (Å²) in [6, 6.07) is 38.9. The lowest BCUT2D eigenvalue weighted by molar-refractivity contribution is 0.0430. The molecule has 0 atom stereocenters. The van der Waals surface area contributed by atoms with E-state index in [4.69, 9.17) is 18.7 Å². The topological polar surface area (TPSA) is 24.3 Å². The maximum absolute atomic E-state index is 17.5. The van der Waals surface area contributed by atoms with Crippen LogP contribution in [0.15, 0.2) is 218 Å². The summed E-state index contributed by atoms with van der Waals surface area (Å²) in [6.07, 6.45) is 1.75. The van der Waals surface area contributed by atoms with Gasteiger partial charge in [-0.15, -0.1) is 0 Å². The fraction of sp³-hybridized carbons (Fsp3) is 0.0862. The highest BCUT2D eigenvalue weighted by Gasteiger charge is 2.37. The Balaban J connectivity index is 1.04. The van der Waals surface area contributed by atoms with Gasteiger partial charge in [0, 0.05) is 50.3 Å². The average molecular weight is 845 g/mol. The number of nitrogens with zero attached hydrogens (tertiary/aromatic N) is 4. The van der Waals surface area contributed by atoms with Crippen LogP contribution >= 0.6 is 0 Å². The predicted octanol–water partition coefficient (Wildman–Crippen LogP) is 15.2. The van der Waals surface area contributed by atoms with Gasteiger partial charge in [-0.2, -0.15) is 8.78 Å². The normalized spacial score (nSPS) is 15.1. The third kappa shape index (κ3) is 6.53. The van der Waals surface area contributed by atoms with Crippen LogP contribution in [0.3, 0.4) is 0 Å². The van der Waals surface area contributed by atoms with Crippen molar-refractivity contribution >= 4 is 44.6 Å².